The average molecular weight is 326 g/mol. The summed E-state index contributed by atoms with van der Waals surface area (Å²) in [6.07, 6.45) is 0. The Morgan fingerprint density at radius 3 is 2.21 bits per heavy atom. The van der Waals surface area contributed by atoms with E-state index in [4.69, 9.17) is 28.3 Å². The molecular weight excluding hydrogens is 313 g/mol. The van der Waals surface area contributed by atoms with Crippen molar-refractivity contribution in [1.29, 1.82) is 0 Å². The van der Waals surface area contributed by atoms with Crippen molar-refractivity contribution in [3.63, 3.8) is 0 Å². The van der Waals surface area contributed by atoms with E-state index < -0.39 is 21.5 Å². The van der Waals surface area contributed by atoms with Gasteiger partial charge >= 0.3 is 5.97 Å². The highest BCUT2D eigenvalue weighted by atomic mass is 35.5. The van der Waals surface area contributed by atoms with Gasteiger partial charge in [0.25, 0.3) is 0 Å². The van der Waals surface area contributed by atoms with Gasteiger partial charge in [0.2, 0.25) is 10.0 Å². The molecule has 8 heteroatoms. The number of hydrogen-bond donors (Lipinski definition) is 1. The summed E-state index contributed by atoms with van der Waals surface area (Å²) < 4.78 is 25.4. The van der Waals surface area contributed by atoms with Gasteiger partial charge in [-0.3, -0.25) is 4.79 Å². The molecule has 0 aliphatic carbocycles. The Bertz CT molecular complexity index is 613. The van der Waals surface area contributed by atoms with E-state index >= 15 is 0 Å². The molecule has 0 spiro atoms. The minimum Gasteiger partial charge on any atom is -0.480 e. The molecule has 0 amide bonds. The zero-order valence-corrected chi connectivity index (χ0v) is 12.8. The highest BCUT2D eigenvalue weighted by Crippen LogP contribution is 2.28. The van der Waals surface area contributed by atoms with Gasteiger partial charge in [0.1, 0.15) is 5.54 Å². The van der Waals surface area contributed by atoms with Crippen LogP contribution in [-0.4, -0.2) is 36.4 Å². The van der Waals surface area contributed by atoms with Crippen LogP contribution in [0.5, 0.6) is 0 Å². The molecule has 0 unspecified atom stereocenters. The van der Waals surface area contributed by atoms with E-state index in [1.165, 1.54) is 39.1 Å². The fourth-order valence-corrected chi connectivity index (χ4v) is 3.10. The zero-order chi connectivity index (χ0) is 15.0. The lowest BCUT2D eigenvalue weighted by Crippen LogP contribution is -2.50. The Morgan fingerprint density at radius 2 is 1.79 bits per heavy atom. The largest absolute Gasteiger partial charge is 0.480 e. The van der Waals surface area contributed by atoms with E-state index in [-0.39, 0.29) is 14.9 Å². The summed E-state index contributed by atoms with van der Waals surface area (Å²) in [4.78, 5) is 11.0. The van der Waals surface area contributed by atoms with E-state index in [9.17, 15) is 13.2 Å². The summed E-state index contributed by atoms with van der Waals surface area (Å²) >= 11 is 11.5. The van der Waals surface area contributed by atoms with Crippen molar-refractivity contribution in [2.24, 2.45) is 0 Å². The fourth-order valence-electron chi connectivity index (χ4n) is 1.23. The molecule has 0 aliphatic rings. The molecule has 0 aromatic heterocycles. The minimum atomic E-state index is -3.97. The first-order valence-corrected chi connectivity index (χ1v) is 7.38. The maximum Gasteiger partial charge on any atom is 0.324 e. The number of carboxylic acids is 1. The number of nitrogens with zero attached hydrogens (tertiary/aromatic N) is 1. The Hall–Kier alpha value is -0.820. The van der Waals surface area contributed by atoms with Crippen LogP contribution in [0.15, 0.2) is 23.1 Å². The monoisotopic (exact) mass is 325 g/mol. The van der Waals surface area contributed by atoms with Crippen LogP contribution < -0.4 is 0 Å². The second kappa shape index (κ2) is 5.28. The summed E-state index contributed by atoms with van der Waals surface area (Å²) in [7, 11) is -2.77. The molecule has 1 rings (SSSR count). The molecule has 0 heterocycles. The van der Waals surface area contributed by atoms with E-state index in [2.05, 4.69) is 0 Å². The van der Waals surface area contributed by atoms with Gasteiger partial charge in [0.15, 0.2) is 0 Å². The molecule has 0 bridgehead atoms. The van der Waals surface area contributed by atoms with Crippen LogP contribution in [0.2, 0.25) is 10.0 Å². The molecule has 5 nitrogen and oxygen atoms in total. The predicted octanol–water partition coefficient (Wildman–Crippen LogP) is 2.48. The highest BCUT2D eigenvalue weighted by Gasteiger charge is 2.40. The number of hydrogen-bond acceptors (Lipinski definition) is 3. The second-order valence-electron chi connectivity index (χ2n) is 4.41. The fraction of sp³-hybridized carbons (Fsp3) is 0.364. The smallest absolute Gasteiger partial charge is 0.324 e. The van der Waals surface area contributed by atoms with Crippen molar-refractivity contribution in [3.05, 3.63) is 28.2 Å². The van der Waals surface area contributed by atoms with Gasteiger partial charge in [0, 0.05) is 7.05 Å². The summed E-state index contributed by atoms with van der Waals surface area (Å²) in [6.45, 7) is 2.59. The lowest BCUT2D eigenvalue weighted by molar-refractivity contribution is -0.145. The average Bonchev–Trinajstić information content (AvgIpc) is 2.31. The van der Waals surface area contributed by atoms with Crippen LogP contribution in [0.1, 0.15) is 13.8 Å². The third-order valence-electron chi connectivity index (χ3n) is 2.86. The normalized spacial score (nSPS) is 12.7. The highest BCUT2D eigenvalue weighted by molar-refractivity contribution is 7.89. The molecule has 0 fully saturated rings. The van der Waals surface area contributed by atoms with Crippen molar-refractivity contribution in [2.45, 2.75) is 24.3 Å². The Kier molecular flexibility index (Phi) is 4.51. The summed E-state index contributed by atoms with van der Waals surface area (Å²) in [6, 6.07) is 3.81. The number of rotatable bonds is 4. The van der Waals surface area contributed by atoms with Crippen molar-refractivity contribution >= 4 is 39.2 Å². The lowest BCUT2D eigenvalue weighted by Gasteiger charge is -2.30. The van der Waals surface area contributed by atoms with Crippen molar-refractivity contribution < 1.29 is 18.3 Å². The molecule has 0 aliphatic heterocycles. The number of likely N-dealkylation sites (N-methyl/N-ethyl adjacent to an activating group) is 1. The number of halogens is 2. The first-order chi connectivity index (χ1) is 8.51. The van der Waals surface area contributed by atoms with Crippen LogP contribution in [0.3, 0.4) is 0 Å². The van der Waals surface area contributed by atoms with Gasteiger partial charge in [0.05, 0.1) is 14.9 Å². The second-order valence-corrected chi connectivity index (χ2v) is 7.20. The molecular formula is C11H13Cl2NO4S. The summed E-state index contributed by atoms with van der Waals surface area (Å²) in [5.41, 5.74) is -1.58. The predicted molar refractivity (Wildman–Crippen MR) is 73.1 cm³/mol. The SMILES string of the molecule is CN(C(C)(C)C(=O)O)S(=O)(=O)c1ccc(Cl)c(Cl)c1. The maximum absolute atomic E-state index is 12.3. The van der Waals surface area contributed by atoms with E-state index in [0.717, 1.165) is 4.31 Å². The standard InChI is InChI=1S/C11H13Cl2NO4S/c1-11(2,10(15)16)14(3)19(17,18)7-4-5-8(12)9(13)6-7/h4-6H,1-3H3,(H,15,16). The number of carbonyl (C=O) groups is 1. The van der Waals surface area contributed by atoms with Crippen molar-refractivity contribution in [2.75, 3.05) is 7.05 Å². The lowest BCUT2D eigenvalue weighted by atomic mass is 10.1. The minimum absolute atomic E-state index is 0.0873. The topological polar surface area (TPSA) is 74.7 Å². The van der Waals surface area contributed by atoms with Crippen LogP contribution >= 0.6 is 23.2 Å². The third kappa shape index (κ3) is 3.02. The Balaban J connectivity index is 3.32. The van der Waals surface area contributed by atoms with E-state index in [1.807, 2.05) is 0 Å². The molecule has 1 N–H and O–H groups in total. The van der Waals surface area contributed by atoms with Gasteiger partial charge in [-0.1, -0.05) is 23.2 Å². The number of sulfonamides is 1. The summed E-state index contributed by atoms with van der Waals surface area (Å²) in [5, 5.41) is 9.38. The van der Waals surface area contributed by atoms with Gasteiger partial charge in [-0.15, -0.1) is 0 Å². The number of aliphatic carboxylic acids is 1. The van der Waals surface area contributed by atoms with Gasteiger partial charge < -0.3 is 5.11 Å². The van der Waals surface area contributed by atoms with Gasteiger partial charge in [-0.25, -0.2) is 8.42 Å². The van der Waals surface area contributed by atoms with Crippen LogP contribution in [0.4, 0.5) is 0 Å². The molecule has 0 radical (unpaired) electrons. The van der Waals surface area contributed by atoms with Gasteiger partial charge in [-0.2, -0.15) is 4.31 Å². The van der Waals surface area contributed by atoms with Crippen LogP contribution in [-0.2, 0) is 14.8 Å². The quantitative estimate of drug-likeness (QED) is 0.922. The first kappa shape index (κ1) is 16.2. The molecule has 106 valence electrons. The van der Waals surface area contributed by atoms with Crippen molar-refractivity contribution in [1.82, 2.24) is 4.31 Å². The molecule has 0 saturated heterocycles. The maximum atomic E-state index is 12.3. The molecule has 0 atom stereocenters. The number of benzene rings is 1. The Labute approximate surface area is 121 Å². The first-order valence-electron chi connectivity index (χ1n) is 5.18. The van der Waals surface area contributed by atoms with Gasteiger partial charge in [-0.05, 0) is 32.0 Å². The number of carboxylic acid groups (broad SMARTS) is 1. The molecule has 19 heavy (non-hydrogen) atoms. The Morgan fingerprint density at radius 1 is 1.26 bits per heavy atom. The van der Waals surface area contributed by atoms with E-state index in [0.29, 0.717) is 0 Å². The van der Waals surface area contributed by atoms with Crippen molar-refractivity contribution in [3.8, 4) is 0 Å². The third-order valence-corrected chi connectivity index (χ3v) is 5.63. The molecule has 1 aromatic carbocycles. The van der Waals surface area contributed by atoms with E-state index in [1.54, 1.807) is 0 Å². The van der Waals surface area contributed by atoms with Crippen LogP contribution in [0, 0.1) is 0 Å². The zero-order valence-electron chi connectivity index (χ0n) is 10.5. The molecule has 1 aromatic rings. The molecule has 0 saturated carbocycles. The summed E-state index contributed by atoms with van der Waals surface area (Å²) in [5.74, 6) is -1.25. The van der Waals surface area contributed by atoms with Crippen LogP contribution in [0.25, 0.3) is 0 Å².